The van der Waals surface area contributed by atoms with Crippen molar-refractivity contribution in [1.82, 2.24) is 5.32 Å². The Hall–Kier alpha value is -2.86. The van der Waals surface area contributed by atoms with Gasteiger partial charge in [0.25, 0.3) is 0 Å². The van der Waals surface area contributed by atoms with Crippen molar-refractivity contribution in [2.75, 3.05) is 12.4 Å². The Morgan fingerprint density at radius 2 is 1.69 bits per heavy atom. The van der Waals surface area contributed by atoms with Gasteiger partial charge in [-0.05, 0) is 24.3 Å². The van der Waals surface area contributed by atoms with E-state index in [2.05, 4.69) is 17.2 Å². The Morgan fingerprint density at radius 3 is 2.21 bits per heavy atom. The van der Waals surface area contributed by atoms with Crippen LogP contribution in [0, 0.1) is 5.92 Å². The molecule has 1 saturated heterocycles. The first-order chi connectivity index (χ1) is 13.6. The molecule has 0 aromatic heterocycles. The van der Waals surface area contributed by atoms with Crippen LogP contribution in [0.15, 0.2) is 36.7 Å². The molecule has 0 spiro atoms. The van der Waals surface area contributed by atoms with E-state index in [9.17, 15) is 24.9 Å². The Labute approximate surface area is 166 Å². The number of carboxylic acid groups (broad SMARTS) is 2. The molecule has 11 nitrogen and oxygen atoms in total. The van der Waals surface area contributed by atoms with Crippen LogP contribution in [0.1, 0.15) is 6.42 Å². The molecule has 1 fully saturated rings. The summed E-state index contributed by atoms with van der Waals surface area (Å²) in [5.41, 5.74) is 0.695. The average molecular weight is 412 g/mol. The molecule has 1 aliphatic rings. The van der Waals surface area contributed by atoms with Crippen molar-refractivity contribution in [2.45, 2.75) is 37.1 Å². The van der Waals surface area contributed by atoms with Crippen molar-refractivity contribution in [3.8, 4) is 5.75 Å². The van der Waals surface area contributed by atoms with Crippen molar-refractivity contribution >= 4 is 17.6 Å². The molecular weight excluding hydrogens is 388 g/mol. The summed E-state index contributed by atoms with van der Waals surface area (Å²) in [6.07, 6.45) is -8.50. The number of hydrogen-bond acceptors (Lipinski definition) is 9. The van der Waals surface area contributed by atoms with Gasteiger partial charge in [0.15, 0.2) is 5.92 Å². The maximum absolute atomic E-state index is 11.1. The predicted molar refractivity (Wildman–Crippen MR) is 99.0 cm³/mol. The van der Waals surface area contributed by atoms with Crippen LogP contribution in [-0.2, 0) is 14.3 Å². The van der Waals surface area contributed by atoms with Gasteiger partial charge in [-0.15, -0.1) is 0 Å². The summed E-state index contributed by atoms with van der Waals surface area (Å²) in [6, 6.07) is 6.40. The smallest absolute Gasteiger partial charge is 0.317 e. The molecular formula is C18H24N2O9. The number of aliphatic hydroxyl groups is 3. The van der Waals surface area contributed by atoms with Crippen LogP contribution < -0.4 is 15.4 Å². The fourth-order valence-electron chi connectivity index (χ4n) is 2.74. The number of nitrogens with one attached hydrogen (secondary N) is 2. The normalized spacial score (nSPS) is 26.6. The first-order valence-corrected chi connectivity index (χ1v) is 8.69. The third-order valence-corrected chi connectivity index (χ3v) is 4.44. The van der Waals surface area contributed by atoms with Gasteiger partial charge in [-0.3, -0.25) is 9.59 Å². The Kier molecular flexibility index (Phi) is 7.40. The molecule has 0 radical (unpaired) electrons. The van der Waals surface area contributed by atoms with Crippen molar-refractivity contribution in [1.29, 1.82) is 0 Å². The van der Waals surface area contributed by atoms with Crippen LogP contribution in [0.3, 0.4) is 0 Å². The van der Waals surface area contributed by atoms with E-state index in [4.69, 9.17) is 19.7 Å². The lowest BCUT2D eigenvalue weighted by Gasteiger charge is -2.40. The fraction of sp³-hybridized carbons (Fsp3) is 0.444. The van der Waals surface area contributed by atoms with Crippen molar-refractivity contribution < 1.29 is 44.6 Å². The Bertz CT molecular complexity index is 725. The SMILES string of the molecule is C=C(NC)Nc1ccc(O[C@H]2O[C@H](CC(C(=O)O)C(=O)O)[C@@H](O)[C@H](O)[C@@H]2O)cc1. The molecule has 11 heteroatoms. The van der Waals surface area contributed by atoms with E-state index >= 15 is 0 Å². The number of rotatable bonds is 9. The Balaban J connectivity index is 2.10. The number of carboxylic acids is 2. The first kappa shape index (κ1) is 22.4. The summed E-state index contributed by atoms with van der Waals surface area (Å²) in [4.78, 5) is 22.2. The first-order valence-electron chi connectivity index (χ1n) is 8.69. The number of hydrogen-bond donors (Lipinski definition) is 7. The van der Waals surface area contributed by atoms with Crippen LogP contribution in [0.25, 0.3) is 0 Å². The average Bonchev–Trinajstić information content (AvgIpc) is 2.68. The van der Waals surface area contributed by atoms with E-state index in [1.165, 1.54) is 0 Å². The van der Waals surface area contributed by atoms with E-state index in [1.807, 2.05) is 0 Å². The van der Waals surface area contributed by atoms with Crippen LogP contribution in [0.5, 0.6) is 5.75 Å². The molecule has 0 saturated carbocycles. The van der Waals surface area contributed by atoms with Crippen LogP contribution >= 0.6 is 0 Å². The monoisotopic (exact) mass is 412 g/mol. The zero-order chi connectivity index (χ0) is 21.7. The van der Waals surface area contributed by atoms with Crippen molar-refractivity contribution in [2.24, 2.45) is 5.92 Å². The summed E-state index contributed by atoms with van der Waals surface area (Å²) < 4.78 is 10.9. The molecule has 0 amide bonds. The number of aliphatic hydroxyl groups excluding tert-OH is 3. The van der Waals surface area contributed by atoms with Crippen LogP contribution in [0.2, 0.25) is 0 Å². The second-order valence-corrected chi connectivity index (χ2v) is 6.48. The zero-order valence-corrected chi connectivity index (χ0v) is 15.6. The quantitative estimate of drug-likeness (QED) is 0.251. The summed E-state index contributed by atoms with van der Waals surface area (Å²) in [5.74, 6) is -4.26. The van der Waals surface area contributed by atoms with E-state index < -0.39 is 55.0 Å². The molecule has 2 rings (SSSR count). The highest BCUT2D eigenvalue weighted by atomic mass is 16.7. The maximum Gasteiger partial charge on any atom is 0.317 e. The van der Waals surface area contributed by atoms with Gasteiger partial charge >= 0.3 is 11.9 Å². The van der Waals surface area contributed by atoms with Gasteiger partial charge in [0.05, 0.1) is 11.9 Å². The van der Waals surface area contributed by atoms with Crippen LogP contribution in [-0.4, -0.2) is 75.2 Å². The van der Waals surface area contributed by atoms with E-state index in [-0.39, 0.29) is 5.75 Å². The maximum atomic E-state index is 11.1. The van der Waals surface area contributed by atoms with Gasteiger partial charge in [0.1, 0.15) is 24.1 Å². The summed E-state index contributed by atoms with van der Waals surface area (Å²) >= 11 is 0. The molecule has 1 aromatic rings. The van der Waals surface area contributed by atoms with Gasteiger partial charge in [-0.1, -0.05) is 6.58 Å². The highest BCUT2D eigenvalue weighted by Gasteiger charge is 2.47. The second-order valence-electron chi connectivity index (χ2n) is 6.48. The largest absolute Gasteiger partial charge is 0.481 e. The molecule has 0 aliphatic carbocycles. The van der Waals surface area contributed by atoms with Crippen molar-refractivity contribution in [3.63, 3.8) is 0 Å². The molecule has 5 atom stereocenters. The molecule has 7 N–H and O–H groups in total. The van der Waals surface area contributed by atoms with Crippen molar-refractivity contribution in [3.05, 3.63) is 36.7 Å². The minimum Gasteiger partial charge on any atom is -0.481 e. The van der Waals surface area contributed by atoms with Gasteiger partial charge in [-0.2, -0.15) is 0 Å². The highest BCUT2D eigenvalue weighted by Crippen LogP contribution is 2.28. The van der Waals surface area contributed by atoms with Gasteiger partial charge < -0.3 is 45.6 Å². The van der Waals surface area contributed by atoms with Gasteiger partial charge in [-0.25, -0.2) is 0 Å². The predicted octanol–water partition coefficient (Wildman–Crippen LogP) is -0.849. The lowest BCUT2D eigenvalue weighted by atomic mass is 9.91. The van der Waals surface area contributed by atoms with E-state index in [0.717, 1.165) is 0 Å². The molecule has 29 heavy (non-hydrogen) atoms. The molecule has 1 aromatic carbocycles. The second kappa shape index (κ2) is 9.56. The fourth-order valence-corrected chi connectivity index (χ4v) is 2.74. The lowest BCUT2D eigenvalue weighted by molar-refractivity contribution is -0.275. The molecule has 160 valence electrons. The zero-order valence-electron chi connectivity index (χ0n) is 15.6. The number of benzene rings is 1. The van der Waals surface area contributed by atoms with E-state index in [1.54, 1.807) is 31.3 Å². The highest BCUT2D eigenvalue weighted by molar-refractivity contribution is 5.92. The lowest BCUT2D eigenvalue weighted by Crippen LogP contribution is -2.59. The third kappa shape index (κ3) is 5.57. The third-order valence-electron chi connectivity index (χ3n) is 4.44. The summed E-state index contributed by atoms with van der Waals surface area (Å²) in [7, 11) is 1.70. The number of ether oxygens (including phenoxy) is 2. The standard InChI is InChI=1S/C18H24N2O9/c1-8(19-2)20-9-3-5-10(6-4-9)28-18-15(23)14(22)13(21)12(29-18)7-11(16(24)25)17(26)27/h3-6,11-15,18-23H,1,7H2,2H3,(H,24,25)(H,26,27)/t12-,13-,14+,15+,18+/m1/s1. The molecule has 0 unspecified atom stereocenters. The molecule has 1 aliphatic heterocycles. The van der Waals surface area contributed by atoms with Gasteiger partial charge in [0.2, 0.25) is 6.29 Å². The summed E-state index contributed by atoms with van der Waals surface area (Å²) in [5, 5.41) is 54.0. The van der Waals surface area contributed by atoms with Crippen LogP contribution in [0.4, 0.5) is 5.69 Å². The summed E-state index contributed by atoms with van der Waals surface area (Å²) in [6.45, 7) is 3.72. The van der Waals surface area contributed by atoms with E-state index in [0.29, 0.717) is 11.5 Å². The Morgan fingerprint density at radius 1 is 1.10 bits per heavy atom. The topological polar surface area (TPSA) is 178 Å². The molecule has 1 heterocycles. The number of carbonyl (C=O) groups is 2. The number of anilines is 1. The number of aliphatic carboxylic acids is 2. The molecule has 0 bridgehead atoms. The van der Waals surface area contributed by atoms with Gasteiger partial charge in [0, 0.05) is 19.2 Å². The minimum absolute atomic E-state index is 0.255. The minimum atomic E-state index is -1.86.